The van der Waals surface area contributed by atoms with Gasteiger partial charge in [-0.1, -0.05) is 41.4 Å². The largest absolute Gasteiger partial charge is 0.248 e. The average molecular weight is 267 g/mol. The maximum atomic E-state index is 12.2. The van der Waals surface area contributed by atoms with Crippen LogP contribution in [0.25, 0.3) is 0 Å². The van der Waals surface area contributed by atoms with Crippen molar-refractivity contribution in [1.29, 1.82) is 0 Å². The Morgan fingerprint density at radius 3 is 2.59 bits per heavy atom. The minimum atomic E-state index is -1.24. The van der Waals surface area contributed by atoms with Crippen LogP contribution >= 0.6 is 11.6 Å². The Bertz CT molecular complexity index is 485. The van der Waals surface area contributed by atoms with Crippen LogP contribution in [-0.4, -0.2) is 4.21 Å². The van der Waals surface area contributed by atoms with Gasteiger partial charge >= 0.3 is 0 Å². The van der Waals surface area contributed by atoms with E-state index in [2.05, 4.69) is 6.08 Å². The molecule has 17 heavy (non-hydrogen) atoms. The summed E-state index contributed by atoms with van der Waals surface area (Å²) >= 11 is 6.21. The summed E-state index contributed by atoms with van der Waals surface area (Å²) in [6.45, 7) is 2.01. The molecule has 1 unspecified atom stereocenters. The first-order valence-corrected chi connectivity index (χ1v) is 7.25. The lowest BCUT2D eigenvalue weighted by Crippen LogP contribution is -1.97. The molecule has 0 aliphatic heterocycles. The lowest BCUT2D eigenvalue weighted by molar-refractivity contribution is 0.687. The molecule has 1 aromatic carbocycles. The van der Waals surface area contributed by atoms with E-state index in [9.17, 15) is 4.21 Å². The van der Waals surface area contributed by atoms with Crippen LogP contribution in [0.1, 0.15) is 24.8 Å². The molecule has 2 rings (SSSR count). The second kappa shape index (κ2) is 5.65. The molecular formula is C14H15ClOS. The van der Waals surface area contributed by atoms with Gasteiger partial charge in [-0.2, -0.15) is 0 Å². The molecule has 0 heterocycles. The highest BCUT2D eigenvalue weighted by atomic mass is 35.5. The molecule has 1 aliphatic rings. The average Bonchev–Trinajstić information content (AvgIpc) is 2.39. The number of benzene rings is 1. The van der Waals surface area contributed by atoms with E-state index in [4.69, 9.17) is 11.6 Å². The fraction of sp³-hybridized carbons (Fsp3) is 0.286. The molecule has 0 amide bonds. The van der Waals surface area contributed by atoms with Gasteiger partial charge in [-0.25, -0.2) is 4.21 Å². The minimum Gasteiger partial charge on any atom is -0.248 e. The monoisotopic (exact) mass is 266 g/mol. The summed E-state index contributed by atoms with van der Waals surface area (Å²) in [4.78, 5) is 0.770. The van der Waals surface area contributed by atoms with Crippen molar-refractivity contribution in [2.75, 3.05) is 0 Å². The highest BCUT2D eigenvalue weighted by Gasteiger charge is 2.13. The van der Waals surface area contributed by atoms with Crippen LogP contribution < -0.4 is 0 Å². The lowest BCUT2D eigenvalue weighted by Gasteiger charge is -2.10. The fourth-order valence-electron chi connectivity index (χ4n) is 1.77. The molecule has 1 atom stereocenters. The van der Waals surface area contributed by atoms with Gasteiger partial charge in [0.2, 0.25) is 0 Å². The molecule has 0 fully saturated rings. The van der Waals surface area contributed by atoms with Gasteiger partial charge in [0.05, 0.1) is 10.8 Å². The summed E-state index contributed by atoms with van der Waals surface area (Å²) in [5.41, 5.74) is 2.17. The lowest BCUT2D eigenvalue weighted by atomic mass is 10.0. The first-order valence-electron chi connectivity index (χ1n) is 5.72. The van der Waals surface area contributed by atoms with E-state index >= 15 is 0 Å². The van der Waals surface area contributed by atoms with Gasteiger partial charge < -0.3 is 0 Å². The Labute approximate surface area is 110 Å². The van der Waals surface area contributed by atoms with Gasteiger partial charge in [0.1, 0.15) is 4.36 Å². The van der Waals surface area contributed by atoms with Crippen LogP contribution in [-0.2, 0) is 10.8 Å². The number of hydrogen-bond donors (Lipinski definition) is 0. The topological polar surface area (TPSA) is 17.1 Å². The van der Waals surface area contributed by atoms with Crippen LogP contribution in [0, 0.1) is 6.92 Å². The zero-order chi connectivity index (χ0) is 12.3. The molecule has 0 spiro atoms. The molecule has 1 aromatic rings. The normalized spacial score (nSPS) is 20.1. The van der Waals surface area contributed by atoms with E-state index < -0.39 is 10.8 Å². The second-order valence-electron chi connectivity index (χ2n) is 4.18. The predicted octanol–water partition coefficient (Wildman–Crippen LogP) is 4.29. The van der Waals surface area contributed by atoms with Crippen molar-refractivity contribution in [3.63, 3.8) is 0 Å². The Hall–Kier alpha value is -0.860. The molecule has 0 radical (unpaired) electrons. The zero-order valence-corrected chi connectivity index (χ0v) is 11.4. The number of hydrogen-bond acceptors (Lipinski definition) is 1. The molecule has 90 valence electrons. The van der Waals surface area contributed by atoms with Gasteiger partial charge in [-0.3, -0.25) is 0 Å². The van der Waals surface area contributed by atoms with E-state index in [1.165, 1.54) is 0 Å². The highest BCUT2D eigenvalue weighted by Crippen LogP contribution is 2.27. The third-order valence-corrected chi connectivity index (χ3v) is 4.74. The summed E-state index contributed by atoms with van der Waals surface area (Å²) in [6, 6.07) is 7.67. The van der Waals surface area contributed by atoms with Gasteiger partial charge in [0.15, 0.2) is 0 Å². The standard InChI is InChI=1S/C14H15ClOS/c1-11-7-9-13(10-8-11)17(16)14(15)12-5-3-2-4-6-12/h3,5,7-10H,2,4,6H2,1H3/b14-12-. The van der Waals surface area contributed by atoms with Gasteiger partial charge in [-0.15, -0.1) is 0 Å². The minimum absolute atomic E-state index is 0.477. The molecule has 3 heteroatoms. The maximum absolute atomic E-state index is 12.2. The van der Waals surface area contributed by atoms with Crippen LogP contribution in [0.2, 0.25) is 0 Å². The van der Waals surface area contributed by atoms with Gasteiger partial charge in [0, 0.05) is 4.90 Å². The van der Waals surface area contributed by atoms with Crippen molar-refractivity contribution in [1.82, 2.24) is 0 Å². The Balaban J connectivity index is 2.28. The molecule has 0 saturated carbocycles. The smallest absolute Gasteiger partial charge is 0.113 e. The van der Waals surface area contributed by atoms with Crippen molar-refractivity contribution in [3.8, 4) is 0 Å². The summed E-state index contributed by atoms with van der Waals surface area (Å²) in [5, 5.41) is 0. The Morgan fingerprint density at radius 2 is 2.00 bits per heavy atom. The summed E-state index contributed by atoms with van der Waals surface area (Å²) in [6.07, 6.45) is 7.19. The van der Waals surface area contributed by atoms with Crippen molar-refractivity contribution in [2.45, 2.75) is 31.1 Å². The van der Waals surface area contributed by atoms with Crippen molar-refractivity contribution < 1.29 is 4.21 Å². The third kappa shape index (κ3) is 3.08. The Morgan fingerprint density at radius 1 is 1.29 bits per heavy atom. The van der Waals surface area contributed by atoms with Crippen LogP contribution in [0.4, 0.5) is 0 Å². The maximum Gasteiger partial charge on any atom is 0.113 e. The molecule has 0 N–H and O–H groups in total. The van der Waals surface area contributed by atoms with Gasteiger partial charge in [0.25, 0.3) is 0 Å². The SMILES string of the molecule is Cc1ccc(S(=O)/C(Cl)=C2/C=CCCC2)cc1. The first-order chi connectivity index (χ1) is 8.18. The van der Waals surface area contributed by atoms with E-state index in [1.54, 1.807) is 0 Å². The fourth-order valence-corrected chi connectivity index (χ4v) is 3.19. The summed E-state index contributed by atoms with van der Waals surface area (Å²) in [5.74, 6) is 0. The van der Waals surface area contributed by atoms with E-state index in [0.717, 1.165) is 35.3 Å². The number of aryl methyl sites for hydroxylation is 1. The van der Waals surface area contributed by atoms with E-state index in [1.807, 2.05) is 37.3 Å². The molecule has 1 nitrogen and oxygen atoms in total. The molecular weight excluding hydrogens is 252 g/mol. The van der Waals surface area contributed by atoms with E-state index in [0.29, 0.717) is 4.36 Å². The highest BCUT2D eigenvalue weighted by molar-refractivity contribution is 7.90. The van der Waals surface area contributed by atoms with Crippen molar-refractivity contribution >= 4 is 22.4 Å². The molecule has 0 bridgehead atoms. The third-order valence-electron chi connectivity index (χ3n) is 2.79. The molecule has 0 aromatic heterocycles. The van der Waals surface area contributed by atoms with Gasteiger partial charge in [-0.05, 0) is 43.9 Å². The predicted molar refractivity (Wildman–Crippen MR) is 73.5 cm³/mol. The summed E-state index contributed by atoms with van der Waals surface area (Å²) in [7, 11) is -1.24. The van der Waals surface area contributed by atoms with Crippen molar-refractivity contribution in [3.05, 3.63) is 51.9 Å². The summed E-state index contributed by atoms with van der Waals surface area (Å²) < 4.78 is 12.7. The molecule has 0 saturated heterocycles. The number of allylic oxidation sites excluding steroid dienone is 3. The van der Waals surface area contributed by atoms with Crippen LogP contribution in [0.5, 0.6) is 0 Å². The number of rotatable bonds is 2. The zero-order valence-electron chi connectivity index (χ0n) is 9.78. The first kappa shape index (κ1) is 12.6. The van der Waals surface area contributed by atoms with Crippen LogP contribution in [0.3, 0.4) is 0 Å². The van der Waals surface area contributed by atoms with E-state index in [-0.39, 0.29) is 0 Å². The molecule has 1 aliphatic carbocycles. The second-order valence-corrected chi connectivity index (χ2v) is 6.19. The Kier molecular flexibility index (Phi) is 4.19. The van der Waals surface area contributed by atoms with Crippen LogP contribution in [0.15, 0.2) is 51.3 Å². The number of halogens is 1. The van der Waals surface area contributed by atoms with Crippen molar-refractivity contribution in [2.24, 2.45) is 0 Å². The quantitative estimate of drug-likeness (QED) is 0.780.